The van der Waals surface area contributed by atoms with Crippen molar-refractivity contribution in [2.45, 2.75) is 16.7 Å². The second-order valence-electron chi connectivity index (χ2n) is 11.7. The van der Waals surface area contributed by atoms with Gasteiger partial charge < -0.3 is 30.3 Å². The van der Waals surface area contributed by atoms with Gasteiger partial charge in [-0.05, 0) is 90.7 Å². The number of aromatic nitrogens is 3. The van der Waals surface area contributed by atoms with Crippen LogP contribution in [0.4, 0.5) is 46.0 Å². The molecule has 0 spiro atoms. The molecule has 288 valence electrons. The minimum absolute atomic E-state index is 0.0222. The summed E-state index contributed by atoms with van der Waals surface area (Å²) in [6, 6.07) is 20.1. The number of fused-ring (bicyclic) bond motifs is 1. The molecule has 0 radical (unpaired) electrons. The first kappa shape index (κ1) is 39.4. The van der Waals surface area contributed by atoms with Gasteiger partial charge in [0, 0.05) is 17.1 Å². The maximum absolute atomic E-state index is 12.1. The number of anilines is 4. The molecule has 1 aromatic heterocycles. The molecule has 0 aliphatic heterocycles. The number of nitrogens with zero attached hydrogens (tertiary/aromatic N) is 7. The van der Waals surface area contributed by atoms with E-state index in [1.165, 1.54) is 49.6 Å². The van der Waals surface area contributed by atoms with Gasteiger partial charge in [-0.1, -0.05) is 12.1 Å². The normalized spacial score (nSPS) is 12.4. The molecule has 0 atom stereocenters. The van der Waals surface area contributed by atoms with Crippen molar-refractivity contribution in [1.29, 1.82) is 0 Å². The summed E-state index contributed by atoms with van der Waals surface area (Å²) in [6.45, 7) is 1.72. The third-order valence-electron chi connectivity index (χ3n) is 7.68. The molecule has 0 fully saturated rings. The van der Waals surface area contributed by atoms with E-state index in [4.69, 9.17) is 4.74 Å². The number of aryl methyl sites for hydroxylation is 1. The summed E-state index contributed by atoms with van der Waals surface area (Å²) in [5.74, 6) is 0.198. The van der Waals surface area contributed by atoms with Crippen molar-refractivity contribution in [2.75, 3.05) is 17.7 Å². The van der Waals surface area contributed by atoms with Gasteiger partial charge in [0.25, 0.3) is 20.2 Å². The molecule has 0 aliphatic rings. The number of aromatic hydroxyl groups is 1. The van der Waals surface area contributed by atoms with Gasteiger partial charge in [0.15, 0.2) is 0 Å². The standard InChI is InChI=1S/C33H28N9O11PS2/c1-18-12-20(7-10-27(18)42-41-23-13-19-6-9-25(55(47,48)49)17-26(19)30(16-23)56(50,51)52)34-31-36-32(38-33(43)37-31)35-28-11-8-22(15-29(28)53-2)40-39-21-4-3-5-24(14-21)54(44,45)46/h3-17H,1-2H3,(H2,44,45,46)(H,47,48,49)(H,50,51,52)(H3,34,35,36,37,38,43)/b40-39+,42-41+. The predicted octanol–water partition coefficient (Wildman–Crippen LogP) is 6.66. The molecule has 0 aliphatic carbocycles. The molecule has 7 N–H and O–H groups in total. The zero-order chi connectivity index (χ0) is 40.4. The highest BCUT2D eigenvalue weighted by Gasteiger charge is 2.20. The molecule has 0 amide bonds. The summed E-state index contributed by atoms with van der Waals surface area (Å²) in [7, 11) is -12.5. The largest absolute Gasteiger partial charge is 0.494 e. The summed E-state index contributed by atoms with van der Waals surface area (Å²) in [6.07, 6.45) is 0. The molecule has 0 bridgehead atoms. The van der Waals surface area contributed by atoms with Crippen molar-refractivity contribution in [3.8, 4) is 11.8 Å². The number of azo groups is 2. The fraction of sp³-hybridized carbons (Fsp3) is 0.0606. The first-order valence-corrected chi connectivity index (χ1v) is 20.2. The molecule has 23 heteroatoms. The average Bonchev–Trinajstić information content (AvgIpc) is 3.12. The molecule has 6 rings (SSSR count). The lowest BCUT2D eigenvalue weighted by atomic mass is 10.1. The summed E-state index contributed by atoms with van der Waals surface area (Å²) in [5, 5.41) is 32.5. The Morgan fingerprint density at radius 2 is 1.41 bits per heavy atom. The van der Waals surface area contributed by atoms with E-state index in [1.54, 1.807) is 37.3 Å². The number of methoxy groups -OCH3 is 1. The summed E-state index contributed by atoms with van der Waals surface area (Å²) >= 11 is 0. The fourth-order valence-electron chi connectivity index (χ4n) is 5.10. The monoisotopic (exact) mass is 821 g/mol. The van der Waals surface area contributed by atoms with Crippen LogP contribution < -0.4 is 20.7 Å². The van der Waals surface area contributed by atoms with E-state index in [2.05, 4.69) is 46.0 Å². The number of nitrogens with one attached hydrogen (secondary N) is 2. The molecular weight excluding hydrogens is 794 g/mol. The van der Waals surface area contributed by atoms with Crippen LogP contribution >= 0.6 is 7.60 Å². The van der Waals surface area contributed by atoms with Crippen LogP contribution in [-0.2, 0) is 24.8 Å². The Balaban J connectivity index is 1.18. The van der Waals surface area contributed by atoms with Gasteiger partial charge in [-0.15, -0.1) is 0 Å². The predicted molar refractivity (Wildman–Crippen MR) is 202 cm³/mol. The SMILES string of the molecule is COc1cc(/N=N/c2cccc(P(=O)(O)O)c2)ccc1Nc1nc(O)nc(Nc2ccc(/N=N/c3cc(S(=O)(=O)O)c4cc(S(=O)(=O)O)ccc4c3)c(C)c2)n1. The molecule has 56 heavy (non-hydrogen) atoms. The van der Waals surface area contributed by atoms with Crippen molar-refractivity contribution in [1.82, 2.24) is 15.0 Å². The Kier molecular flexibility index (Phi) is 10.9. The molecule has 0 saturated carbocycles. The smallest absolute Gasteiger partial charge is 0.356 e. The van der Waals surface area contributed by atoms with Crippen LogP contribution in [-0.4, -0.2) is 62.9 Å². The van der Waals surface area contributed by atoms with Crippen LogP contribution in [0.2, 0.25) is 0 Å². The van der Waals surface area contributed by atoms with Crippen molar-refractivity contribution in [3.63, 3.8) is 0 Å². The topological polar surface area (TPSA) is 308 Å². The fourth-order valence-corrected chi connectivity index (χ4v) is 6.91. The number of hydrogen-bond donors (Lipinski definition) is 7. The minimum Gasteiger partial charge on any atom is -0.494 e. The van der Waals surface area contributed by atoms with Crippen LogP contribution in [0.1, 0.15) is 5.56 Å². The van der Waals surface area contributed by atoms with Crippen LogP contribution in [0.3, 0.4) is 0 Å². The highest BCUT2D eigenvalue weighted by atomic mass is 32.2. The van der Waals surface area contributed by atoms with Gasteiger partial charge in [-0.2, -0.15) is 52.2 Å². The van der Waals surface area contributed by atoms with Crippen molar-refractivity contribution in [3.05, 3.63) is 96.6 Å². The molecule has 1 heterocycles. The van der Waals surface area contributed by atoms with Crippen molar-refractivity contribution < 1.29 is 50.1 Å². The molecule has 6 aromatic rings. The second-order valence-corrected chi connectivity index (χ2v) is 16.1. The first-order valence-electron chi connectivity index (χ1n) is 15.7. The van der Waals surface area contributed by atoms with E-state index >= 15 is 0 Å². The highest BCUT2D eigenvalue weighted by molar-refractivity contribution is 7.86. The molecule has 0 saturated heterocycles. The average molecular weight is 822 g/mol. The zero-order valence-corrected chi connectivity index (χ0v) is 31.3. The van der Waals surface area contributed by atoms with E-state index in [9.17, 15) is 45.4 Å². The summed E-state index contributed by atoms with van der Waals surface area (Å²) in [5.41, 5.74) is 2.43. The Labute approximate surface area is 317 Å². The lowest BCUT2D eigenvalue weighted by molar-refractivity contribution is 0.387. The number of benzene rings is 5. The van der Waals surface area contributed by atoms with Gasteiger partial charge in [0.2, 0.25) is 11.9 Å². The lowest BCUT2D eigenvalue weighted by Crippen LogP contribution is -2.04. The second kappa shape index (κ2) is 15.5. The molecule has 20 nitrogen and oxygen atoms in total. The Hall–Kier alpha value is -6.26. The summed E-state index contributed by atoms with van der Waals surface area (Å²) in [4.78, 5) is 29.8. The van der Waals surface area contributed by atoms with Gasteiger partial charge in [-0.3, -0.25) is 13.7 Å². The van der Waals surface area contributed by atoms with Crippen LogP contribution in [0.15, 0.2) is 121 Å². The maximum Gasteiger partial charge on any atom is 0.356 e. The lowest BCUT2D eigenvalue weighted by Gasteiger charge is -2.12. The maximum atomic E-state index is 12.1. The van der Waals surface area contributed by atoms with Crippen molar-refractivity contribution in [2.24, 2.45) is 20.5 Å². The van der Waals surface area contributed by atoms with Crippen LogP contribution in [0.5, 0.6) is 11.8 Å². The van der Waals surface area contributed by atoms with Gasteiger partial charge in [0.1, 0.15) is 10.6 Å². The van der Waals surface area contributed by atoms with Gasteiger partial charge in [-0.25, -0.2) is 0 Å². The first-order chi connectivity index (χ1) is 26.3. The molecule has 5 aromatic carbocycles. The number of ether oxygens (including phenoxy) is 1. The van der Waals surface area contributed by atoms with E-state index in [-0.39, 0.29) is 39.3 Å². The van der Waals surface area contributed by atoms with Crippen LogP contribution in [0.25, 0.3) is 10.8 Å². The highest BCUT2D eigenvalue weighted by Crippen LogP contribution is 2.36. The quantitative estimate of drug-likeness (QED) is 0.0385. The molecular formula is C33H28N9O11PS2. The van der Waals surface area contributed by atoms with Crippen LogP contribution in [0, 0.1) is 6.92 Å². The molecule has 0 unspecified atom stereocenters. The third kappa shape index (κ3) is 9.51. The van der Waals surface area contributed by atoms with E-state index in [0.717, 1.165) is 18.2 Å². The number of hydrogen-bond acceptors (Lipinski definition) is 16. The third-order valence-corrected chi connectivity index (χ3v) is 10.4. The zero-order valence-electron chi connectivity index (χ0n) is 28.7. The summed E-state index contributed by atoms with van der Waals surface area (Å²) < 4.78 is 83.7. The van der Waals surface area contributed by atoms with Gasteiger partial charge >= 0.3 is 13.6 Å². The van der Waals surface area contributed by atoms with E-state index in [1.807, 2.05) is 0 Å². The Morgan fingerprint density at radius 1 is 0.714 bits per heavy atom. The Bertz CT molecular complexity index is 2850. The van der Waals surface area contributed by atoms with Gasteiger partial charge in [0.05, 0.1) is 45.7 Å². The Morgan fingerprint density at radius 3 is 2.07 bits per heavy atom. The minimum atomic E-state index is -4.84. The van der Waals surface area contributed by atoms with E-state index in [0.29, 0.717) is 34.1 Å². The number of rotatable bonds is 12. The van der Waals surface area contributed by atoms with E-state index < -0.39 is 43.6 Å². The van der Waals surface area contributed by atoms with Crippen molar-refractivity contribution >= 4 is 89.9 Å².